The average Bonchev–Trinajstić information content (AvgIpc) is 2.65. The number of rotatable bonds is 7. The second-order valence-corrected chi connectivity index (χ2v) is 7.33. The van der Waals surface area contributed by atoms with Gasteiger partial charge in [0.1, 0.15) is 11.6 Å². The molecule has 1 amide bonds. The second-order valence-electron chi connectivity index (χ2n) is 6.52. The molecule has 2 rings (SSSR count). The van der Waals surface area contributed by atoms with Crippen LogP contribution in [0.4, 0.5) is 5.69 Å². The Bertz CT molecular complexity index is 979. The maximum Gasteiger partial charge on any atom is 0.266 e. The van der Waals surface area contributed by atoms with Crippen LogP contribution in [0.5, 0.6) is 11.5 Å². The molecular weight excluding hydrogens is 411 g/mol. The minimum atomic E-state index is -0.552. The lowest BCUT2D eigenvalue weighted by atomic mass is 10.1. The molecule has 0 unspecified atom stereocenters. The van der Waals surface area contributed by atoms with E-state index in [1.54, 1.807) is 30.3 Å². The van der Waals surface area contributed by atoms with Gasteiger partial charge in [-0.05, 0) is 69.2 Å². The van der Waals surface area contributed by atoms with Gasteiger partial charge in [-0.3, -0.25) is 4.79 Å². The molecule has 7 heteroatoms. The van der Waals surface area contributed by atoms with Crippen LogP contribution in [0.3, 0.4) is 0 Å². The summed E-state index contributed by atoms with van der Waals surface area (Å²) < 4.78 is 11.3. The number of benzene rings is 2. The Balaban J connectivity index is 2.34. The number of hydrogen-bond donors (Lipinski definition) is 1. The molecule has 0 atom stereocenters. The van der Waals surface area contributed by atoms with Crippen LogP contribution in [-0.2, 0) is 4.79 Å². The number of ether oxygens (including phenoxy) is 2. The fourth-order valence-electron chi connectivity index (χ4n) is 2.47. The lowest BCUT2D eigenvalue weighted by Gasteiger charge is -2.16. The third kappa shape index (κ3) is 6.15. The Kier molecular flexibility index (Phi) is 7.95. The minimum absolute atomic E-state index is 0.0854. The zero-order valence-corrected chi connectivity index (χ0v) is 18.2. The number of hydrogen-bond acceptors (Lipinski definition) is 4. The van der Waals surface area contributed by atoms with E-state index in [4.69, 9.17) is 32.7 Å². The molecule has 0 aliphatic heterocycles. The highest BCUT2D eigenvalue weighted by Crippen LogP contribution is 2.38. The van der Waals surface area contributed by atoms with Gasteiger partial charge in [0, 0.05) is 10.7 Å². The number of nitriles is 1. The molecular formula is C22H22Cl2N2O3. The third-order valence-corrected chi connectivity index (χ3v) is 4.48. The Morgan fingerprint density at radius 2 is 1.97 bits per heavy atom. The van der Waals surface area contributed by atoms with Gasteiger partial charge >= 0.3 is 0 Å². The molecule has 1 N–H and O–H groups in total. The van der Waals surface area contributed by atoms with Gasteiger partial charge in [-0.25, -0.2) is 0 Å². The summed E-state index contributed by atoms with van der Waals surface area (Å²) in [7, 11) is 0. The van der Waals surface area contributed by atoms with E-state index in [2.05, 4.69) is 5.32 Å². The van der Waals surface area contributed by atoms with Gasteiger partial charge in [0.2, 0.25) is 0 Å². The SMILES string of the molecule is CCOc1cc(/C=C(\C#N)C(=O)Nc2ccc(C)c(Cl)c2)cc(Cl)c1OC(C)C. The molecule has 0 aliphatic rings. The largest absolute Gasteiger partial charge is 0.490 e. The lowest BCUT2D eigenvalue weighted by Crippen LogP contribution is -2.13. The van der Waals surface area contributed by atoms with Crippen molar-refractivity contribution in [3.05, 3.63) is 57.1 Å². The molecule has 2 aromatic carbocycles. The predicted molar refractivity (Wildman–Crippen MR) is 117 cm³/mol. The van der Waals surface area contributed by atoms with Crippen molar-refractivity contribution in [3.63, 3.8) is 0 Å². The number of carbonyl (C=O) groups is 1. The van der Waals surface area contributed by atoms with Gasteiger partial charge in [-0.2, -0.15) is 5.26 Å². The number of halogens is 2. The molecule has 0 saturated heterocycles. The molecule has 0 saturated carbocycles. The molecule has 5 nitrogen and oxygen atoms in total. The van der Waals surface area contributed by atoms with Crippen LogP contribution in [0.15, 0.2) is 35.9 Å². The van der Waals surface area contributed by atoms with Crippen molar-refractivity contribution in [2.24, 2.45) is 0 Å². The van der Waals surface area contributed by atoms with Crippen molar-refractivity contribution in [1.29, 1.82) is 5.26 Å². The molecule has 2 aromatic rings. The Hall–Kier alpha value is -2.68. The van der Waals surface area contributed by atoms with Gasteiger partial charge in [-0.15, -0.1) is 0 Å². The molecule has 0 aliphatic carbocycles. The van der Waals surface area contributed by atoms with Crippen molar-refractivity contribution >= 4 is 40.9 Å². The molecule has 29 heavy (non-hydrogen) atoms. The maximum absolute atomic E-state index is 12.5. The van der Waals surface area contributed by atoms with Crippen LogP contribution in [0.25, 0.3) is 6.08 Å². The number of amides is 1. The monoisotopic (exact) mass is 432 g/mol. The summed E-state index contributed by atoms with van der Waals surface area (Å²) in [6, 6.07) is 10.4. The van der Waals surface area contributed by atoms with Crippen molar-refractivity contribution in [3.8, 4) is 17.6 Å². The van der Waals surface area contributed by atoms with E-state index in [1.807, 2.05) is 33.8 Å². The summed E-state index contributed by atoms with van der Waals surface area (Å²) in [6.45, 7) is 7.89. The number of anilines is 1. The van der Waals surface area contributed by atoms with E-state index < -0.39 is 5.91 Å². The summed E-state index contributed by atoms with van der Waals surface area (Å²) in [5.74, 6) is 0.324. The second kappa shape index (κ2) is 10.2. The Labute approximate surface area is 180 Å². The van der Waals surface area contributed by atoms with Crippen LogP contribution in [-0.4, -0.2) is 18.6 Å². The van der Waals surface area contributed by atoms with Gasteiger partial charge in [0.05, 0.1) is 17.7 Å². The molecule has 0 spiro atoms. The van der Waals surface area contributed by atoms with Crippen LogP contribution in [0.2, 0.25) is 10.0 Å². The quantitative estimate of drug-likeness (QED) is 0.427. The minimum Gasteiger partial charge on any atom is -0.490 e. The highest BCUT2D eigenvalue weighted by atomic mass is 35.5. The standard InChI is InChI=1S/C22H22Cl2N2O3/c1-5-28-20-10-15(9-19(24)21(20)29-13(2)3)8-16(12-25)22(27)26-17-7-6-14(4)18(23)11-17/h6-11,13H,5H2,1-4H3,(H,26,27)/b16-8+. The number of nitrogens with one attached hydrogen (secondary N) is 1. The van der Waals surface area contributed by atoms with Crippen molar-refractivity contribution in [1.82, 2.24) is 0 Å². The lowest BCUT2D eigenvalue weighted by molar-refractivity contribution is -0.112. The molecule has 0 bridgehead atoms. The van der Waals surface area contributed by atoms with Crippen molar-refractivity contribution in [2.75, 3.05) is 11.9 Å². The predicted octanol–water partition coefficient (Wildman–Crippen LogP) is 6.03. The smallest absolute Gasteiger partial charge is 0.266 e. The molecule has 0 radical (unpaired) electrons. The molecule has 152 valence electrons. The number of aryl methyl sites for hydroxylation is 1. The highest BCUT2D eigenvalue weighted by Gasteiger charge is 2.15. The van der Waals surface area contributed by atoms with Gasteiger partial charge in [0.25, 0.3) is 5.91 Å². The fourth-order valence-corrected chi connectivity index (χ4v) is 2.91. The van der Waals surface area contributed by atoms with E-state index in [0.717, 1.165) is 5.56 Å². The molecule has 0 fully saturated rings. The first-order chi connectivity index (χ1) is 13.7. The van der Waals surface area contributed by atoms with E-state index in [-0.39, 0.29) is 11.7 Å². The van der Waals surface area contributed by atoms with Gasteiger partial charge in [0.15, 0.2) is 11.5 Å². The summed E-state index contributed by atoms with van der Waals surface area (Å²) in [4.78, 5) is 12.5. The first kappa shape index (κ1) is 22.6. The summed E-state index contributed by atoms with van der Waals surface area (Å²) in [5.41, 5.74) is 1.85. The highest BCUT2D eigenvalue weighted by molar-refractivity contribution is 6.32. The summed E-state index contributed by atoms with van der Waals surface area (Å²) in [6.07, 6.45) is 1.36. The normalized spacial score (nSPS) is 11.2. The first-order valence-corrected chi connectivity index (χ1v) is 9.83. The summed E-state index contributed by atoms with van der Waals surface area (Å²) in [5, 5.41) is 13.0. The van der Waals surface area contributed by atoms with E-state index in [9.17, 15) is 10.1 Å². The first-order valence-electron chi connectivity index (χ1n) is 9.07. The van der Waals surface area contributed by atoms with Crippen molar-refractivity contribution < 1.29 is 14.3 Å². The third-order valence-electron chi connectivity index (χ3n) is 3.79. The zero-order chi connectivity index (χ0) is 21.6. The van der Waals surface area contributed by atoms with Crippen LogP contribution >= 0.6 is 23.2 Å². The van der Waals surface area contributed by atoms with E-state index in [1.165, 1.54) is 6.08 Å². The maximum atomic E-state index is 12.5. The van der Waals surface area contributed by atoms with Gasteiger partial charge < -0.3 is 14.8 Å². The topological polar surface area (TPSA) is 71.3 Å². The van der Waals surface area contributed by atoms with Crippen LogP contribution < -0.4 is 14.8 Å². The van der Waals surface area contributed by atoms with Crippen LogP contribution in [0.1, 0.15) is 31.9 Å². The summed E-state index contributed by atoms with van der Waals surface area (Å²) >= 11 is 12.4. The fraction of sp³-hybridized carbons (Fsp3) is 0.273. The van der Waals surface area contributed by atoms with E-state index in [0.29, 0.717) is 39.4 Å². The Morgan fingerprint density at radius 1 is 1.24 bits per heavy atom. The average molecular weight is 433 g/mol. The Morgan fingerprint density at radius 3 is 2.55 bits per heavy atom. The van der Waals surface area contributed by atoms with Crippen molar-refractivity contribution in [2.45, 2.75) is 33.8 Å². The van der Waals surface area contributed by atoms with Gasteiger partial charge in [-0.1, -0.05) is 29.3 Å². The molecule has 0 aromatic heterocycles. The van der Waals surface area contributed by atoms with Crippen LogP contribution in [0, 0.1) is 18.3 Å². The molecule has 0 heterocycles. The number of nitrogens with zero attached hydrogens (tertiary/aromatic N) is 1. The van der Waals surface area contributed by atoms with E-state index >= 15 is 0 Å². The number of carbonyl (C=O) groups excluding carboxylic acids is 1. The zero-order valence-electron chi connectivity index (χ0n) is 16.7.